The van der Waals surface area contributed by atoms with Crippen molar-refractivity contribution in [3.8, 4) is 0 Å². The number of para-hydroxylation sites is 1. The molecule has 4 nitrogen and oxygen atoms in total. The van der Waals surface area contributed by atoms with Gasteiger partial charge < -0.3 is 10.2 Å². The number of halogens is 1. The second-order valence-electron chi connectivity index (χ2n) is 5.85. The first kappa shape index (κ1) is 14.0. The maximum Gasteiger partial charge on any atom is 0.229 e. The number of carbonyl (C=O) groups excluding carboxylic acids is 2. The Balaban J connectivity index is 1.64. The van der Waals surface area contributed by atoms with Gasteiger partial charge in [-0.15, -0.1) is 0 Å². The lowest BCUT2D eigenvalue weighted by Gasteiger charge is -2.23. The van der Waals surface area contributed by atoms with Gasteiger partial charge in [-0.1, -0.05) is 25.0 Å². The van der Waals surface area contributed by atoms with Crippen LogP contribution in [0.5, 0.6) is 0 Å². The van der Waals surface area contributed by atoms with Crippen LogP contribution in [-0.2, 0) is 9.59 Å². The summed E-state index contributed by atoms with van der Waals surface area (Å²) < 4.78 is 13.5. The number of amides is 2. The molecule has 5 heteroatoms. The van der Waals surface area contributed by atoms with Crippen molar-refractivity contribution in [2.75, 3.05) is 11.9 Å². The topological polar surface area (TPSA) is 49.4 Å². The third-order valence-electron chi connectivity index (χ3n) is 4.43. The first-order valence-corrected chi connectivity index (χ1v) is 7.50. The third-order valence-corrected chi connectivity index (χ3v) is 4.43. The van der Waals surface area contributed by atoms with Crippen molar-refractivity contribution in [3.63, 3.8) is 0 Å². The number of rotatable bonds is 3. The molecule has 1 atom stereocenters. The molecule has 0 bridgehead atoms. The van der Waals surface area contributed by atoms with Gasteiger partial charge in [-0.3, -0.25) is 9.59 Å². The highest BCUT2D eigenvalue weighted by Gasteiger charge is 2.38. The summed E-state index contributed by atoms with van der Waals surface area (Å²) in [6.07, 6.45) is 4.61. The van der Waals surface area contributed by atoms with E-state index in [1.54, 1.807) is 12.1 Å². The van der Waals surface area contributed by atoms with Gasteiger partial charge in [-0.2, -0.15) is 0 Å². The smallest absolute Gasteiger partial charge is 0.229 e. The Kier molecular flexibility index (Phi) is 3.90. The minimum atomic E-state index is -0.456. The molecule has 1 N–H and O–H groups in total. The van der Waals surface area contributed by atoms with E-state index in [9.17, 15) is 14.0 Å². The van der Waals surface area contributed by atoms with Crippen molar-refractivity contribution < 1.29 is 14.0 Å². The zero-order chi connectivity index (χ0) is 14.8. The van der Waals surface area contributed by atoms with Gasteiger partial charge in [-0.05, 0) is 25.0 Å². The lowest BCUT2D eigenvalue weighted by molar-refractivity contribution is -0.129. The number of carbonyl (C=O) groups is 2. The van der Waals surface area contributed by atoms with E-state index in [-0.39, 0.29) is 29.8 Å². The van der Waals surface area contributed by atoms with Gasteiger partial charge in [0.05, 0.1) is 11.6 Å². The highest BCUT2D eigenvalue weighted by Crippen LogP contribution is 2.30. The molecule has 2 aliphatic rings. The van der Waals surface area contributed by atoms with Crippen molar-refractivity contribution in [3.05, 3.63) is 30.1 Å². The fourth-order valence-corrected chi connectivity index (χ4v) is 3.27. The molecule has 0 radical (unpaired) electrons. The van der Waals surface area contributed by atoms with Crippen LogP contribution >= 0.6 is 0 Å². The van der Waals surface area contributed by atoms with Gasteiger partial charge in [0.15, 0.2) is 0 Å². The van der Waals surface area contributed by atoms with E-state index < -0.39 is 5.82 Å². The molecule has 1 saturated heterocycles. The van der Waals surface area contributed by atoms with Crippen LogP contribution in [0.25, 0.3) is 0 Å². The number of nitrogens with one attached hydrogen (secondary N) is 1. The van der Waals surface area contributed by atoms with Crippen LogP contribution < -0.4 is 5.32 Å². The van der Waals surface area contributed by atoms with Gasteiger partial charge in [0.1, 0.15) is 5.82 Å². The van der Waals surface area contributed by atoms with Gasteiger partial charge >= 0.3 is 0 Å². The van der Waals surface area contributed by atoms with Crippen LogP contribution in [0, 0.1) is 11.7 Å². The van der Waals surface area contributed by atoms with E-state index >= 15 is 0 Å². The van der Waals surface area contributed by atoms with Crippen LogP contribution in [0.2, 0.25) is 0 Å². The Bertz CT molecular complexity index is 555. The number of likely N-dealkylation sites (tertiary alicyclic amines) is 1. The molecule has 21 heavy (non-hydrogen) atoms. The molecule has 0 unspecified atom stereocenters. The van der Waals surface area contributed by atoms with Crippen LogP contribution in [0.15, 0.2) is 24.3 Å². The molecule has 1 aromatic rings. The van der Waals surface area contributed by atoms with Gasteiger partial charge in [-0.25, -0.2) is 4.39 Å². The van der Waals surface area contributed by atoms with Crippen LogP contribution in [-0.4, -0.2) is 29.3 Å². The Morgan fingerprint density at radius 2 is 1.95 bits per heavy atom. The lowest BCUT2D eigenvalue weighted by Crippen LogP contribution is -2.35. The molecule has 1 aromatic carbocycles. The molecule has 0 aromatic heterocycles. The number of nitrogens with zero attached hydrogens (tertiary/aromatic N) is 1. The molecule has 1 saturated carbocycles. The van der Waals surface area contributed by atoms with E-state index in [0.29, 0.717) is 12.6 Å². The number of anilines is 1. The Morgan fingerprint density at radius 1 is 1.24 bits per heavy atom. The summed E-state index contributed by atoms with van der Waals surface area (Å²) in [5.74, 6) is -1.05. The van der Waals surface area contributed by atoms with E-state index in [1.807, 2.05) is 4.90 Å². The summed E-state index contributed by atoms with van der Waals surface area (Å²) in [6.45, 7) is 0.462. The van der Waals surface area contributed by atoms with Crippen molar-refractivity contribution >= 4 is 17.5 Å². The fourth-order valence-electron chi connectivity index (χ4n) is 3.27. The van der Waals surface area contributed by atoms with Crippen molar-refractivity contribution in [2.24, 2.45) is 5.92 Å². The third kappa shape index (κ3) is 2.91. The molecule has 112 valence electrons. The zero-order valence-corrected chi connectivity index (χ0v) is 11.8. The molecular weight excluding hydrogens is 271 g/mol. The van der Waals surface area contributed by atoms with E-state index in [4.69, 9.17) is 0 Å². The fraction of sp³-hybridized carbons (Fsp3) is 0.500. The van der Waals surface area contributed by atoms with Crippen LogP contribution in [0.1, 0.15) is 32.1 Å². The molecule has 1 heterocycles. The molecular formula is C16H19FN2O2. The number of hydrogen-bond donors (Lipinski definition) is 1. The van der Waals surface area contributed by atoms with E-state index in [2.05, 4.69) is 5.32 Å². The molecule has 1 aliphatic heterocycles. The summed E-state index contributed by atoms with van der Waals surface area (Å²) in [4.78, 5) is 26.1. The average Bonchev–Trinajstić information content (AvgIpc) is 3.10. The quantitative estimate of drug-likeness (QED) is 0.930. The molecule has 3 rings (SSSR count). The summed E-state index contributed by atoms with van der Waals surface area (Å²) >= 11 is 0. The Hall–Kier alpha value is -1.91. The predicted molar refractivity (Wildman–Crippen MR) is 77.1 cm³/mol. The maximum atomic E-state index is 13.5. The Morgan fingerprint density at radius 3 is 2.67 bits per heavy atom. The van der Waals surface area contributed by atoms with E-state index in [0.717, 1.165) is 25.7 Å². The summed E-state index contributed by atoms with van der Waals surface area (Å²) in [7, 11) is 0. The Labute approximate surface area is 123 Å². The molecule has 1 aliphatic carbocycles. The number of benzene rings is 1. The highest BCUT2D eigenvalue weighted by molar-refractivity contribution is 5.97. The van der Waals surface area contributed by atoms with E-state index in [1.165, 1.54) is 12.1 Å². The maximum absolute atomic E-state index is 13.5. The van der Waals surface area contributed by atoms with Crippen molar-refractivity contribution in [1.82, 2.24) is 4.90 Å². The minimum absolute atomic E-state index is 0.0515. The standard InChI is InChI=1S/C16H19FN2O2/c17-13-7-3-4-8-14(13)18-16(21)11-9-15(20)19(10-11)12-5-1-2-6-12/h3-4,7-8,11-12H,1-2,5-6,9-10H2,(H,18,21)/t11-/m1/s1. The second kappa shape index (κ2) is 5.84. The minimum Gasteiger partial charge on any atom is -0.339 e. The molecule has 2 amide bonds. The lowest BCUT2D eigenvalue weighted by atomic mass is 10.1. The zero-order valence-electron chi connectivity index (χ0n) is 11.8. The summed E-state index contributed by atoms with van der Waals surface area (Å²) in [5, 5.41) is 2.59. The van der Waals surface area contributed by atoms with Crippen LogP contribution in [0.3, 0.4) is 0 Å². The van der Waals surface area contributed by atoms with Gasteiger partial charge in [0.2, 0.25) is 11.8 Å². The normalized spacial score (nSPS) is 22.8. The largest absolute Gasteiger partial charge is 0.339 e. The first-order chi connectivity index (χ1) is 10.1. The predicted octanol–water partition coefficient (Wildman–Crippen LogP) is 2.56. The summed E-state index contributed by atoms with van der Waals surface area (Å²) in [5.41, 5.74) is 0.175. The van der Waals surface area contributed by atoms with Crippen molar-refractivity contribution in [2.45, 2.75) is 38.1 Å². The monoisotopic (exact) mass is 290 g/mol. The van der Waals surface area contributed by atoms with Gasteiger partial charge in [0, 0.05) is 19.0 Å². The molecule has 2 fully saturated rings. The van der Waals surface area contributed by atoms with Crippen LogP contribution in [0.4, 0.5) is 10.1 Å². The first-order valence-electron chi connectivity index (χ1n) is 7.50. The SMILES string of the molecule is O=C(Nc1ccccc1F)[C@@H]1CC(=O)N(C2CCCC2)C1. The average molecular weight is 290 g/mol. The molecule has 0 spiro atoms. The van der Waals surface area contributed by atoms with Crippen molar-refractivity contribution in [1.29, 1.82) is 0 Å². The number of hydrogen-bond acceptors (Lipinski definition) is 2. The second-order valence-corrected chi connectivity index (χ2v) is 5.85. The summed E-state index contributed by atoms with van der Waals surface area (Å²) in [6, 6.07) is 6.37. The van der Waals surface area contributed by atoms with Gasteiger partial charge in [0.25, 0.3) is 0 Å². The highest BCUT2D eigenvalue weighted by atomic mass is 19.1.